The number of benzene rings is 1. The third kappa shape index (κ3) is 6.91. The van der Waals surface area contributed by atoms with Crippen LogP contribution in [0.25, 0.3) is 0 Å². The van der Waals surface area contributed by atoms with Crippen molar-refractivity contribution in [3.05, 3.63) is 29.3 Å². The van der Waals surface area contributed by atoms with E-state index in [-0.39, 0.29) is 5.92 Å². The second kappa shape index (κ2) is 11.7. The summed E-state index contributed by atoms with van der Waals surface area (Å²) in [5, 5.41) is 0. The highest BCUT2D eigenvalue weighted by atomic mass is 28.3. The molecule has 1 saturated heterocycles. The Balaban J connectivity index is 1.51. The van der Waals surface area contributed by atoms with Crippen molar-refractivity contribution in [2.24, 2.45) is 11.8 Å². The first kappa shape index (κ1) is 27.3. The fraction of sp³-hybridized carbons (Fsp3) is 0.760. The molecule has 0 spiro atoms. The van der Waals surface area contributed by atoms with E-state index < -0.39 is 44.9 Å². The largest absolute Gasteiger partial charge is 0.481 e. The average Bonchev–Trinajstić information content (AvgIpc) is 2.78. The summed E-state index contributed by atoms with van der Waals surface area (Å²) < 4.78 is 95.9. The van der Waals surface area contributed by atoms with E-state index in [1.165, 1.54) is 50.2 Å². The fourth-order valence-electron chi connectivity index (χ4n) is 5.75. The van der Waals surface area contributed by atoms with Gasteiger partial charge in [-0.3, -0.25) is 0 Å². The van der Waals surface area contributed by atoms with Crippen LogP contribution in [0.3, 0.4) is 0 Å². The van der Waals surface area contributed by atoms with Gasteiger partial charge >= 0.3 is 12.1 Å². The second-order valence-electron chi connectivity index (χ2n) is 10.2. The molecule has 194 valence electrons. The summed E-state index contributed by atoms with van der Waals surface area (Å²) in [4.78, 5) is 0. The zero-order valence-corrected chi connectivity index (χ0v) is 20.9. The lowest BCUT2D eigenvalue weighted by Gasteiger charge is -2.37. The Kier molecular flexibility index (Phi) is 9.37. The predicted molar refractivity (Wildman–Crippen MR) is 121 cm³/mol. The lowest BCUT2D eigenvalue weighted by atomic mass is 9.72. The molecule has 1 heterocycles. The van der Waals surface area contributed by atoms with Crippen LogP contribution in [0, 0.1) is 23.5 Å². The lowest BCUT2D eigenvalue weighted by Crippen LogP contribution is -2.42. The molecule has 1 aromatic rings. The molecule has 1 aliphatic heterocycles. The summed E-state index contributed by atoms with van der Waals surface area (Å²) in [6, 6.07) is 6.36. The standard InChI is InChI=1S/C25H35F7OSi/c1-2-3-4-11-34-12-9-19(10-13-34)17-5-7-18(8-6-17)20-14-21(26)23(22(27)15-20)33-16-24(28,29)25(30,31)32/h14-15,17-19,34H,2-13,16H2,1H3. The summed E-state index contributed by atoms with van der Waals surface area (Å²) >= 11 is 0. The highest BCUT2D eigenvalue weighted by Gasteiger charge is 2.58. The van der Waals surface area contributed by atoms with E-state index in [4.69, 9.17) is 0 Å². The van der Waals surface area contributed by atoms with Gasteiger partial charge in [-0.2, -0.15) is 22.0 Å². The smallest absolute Gasteiger partial charge is 0.456 e. The molecule has 0 unspecified atom stereocenters. The first-order valence-electron chi connectivity index (χ1n) is 12.6. The molecule has 3 rings (SSSR count). The van der Waals surface area contributed by atoms with Crippen molar-refractivity contribution in [1.29, 1.82) is 0 Å². The Morgan fingerprint density at radius 1 is 0.853 bits per heavy atom. The maximum absolute atomic E-state index is 14.4. The Hall–Kier alpha value is -1.25. The van der Waals surface area contributed by atoms with Crippen LogP contribution in [0.2, 0.25) is 18.1 Å². The molecule has 2 fully saturated rings. The van der Waals surface area contributed by atoms with E-state index in [2.05, 4.69) is 11.7 Å². The molecule has 1 nitrogen and oxygen atoms in total. The summed E-state index contributed by atoms with van der Waals surface area (Å²) in [6.45, 7) is 0.0676. The number of alkyl halides is 5. The van der Waals surface area contributed by atoms with Gasteiger partial charge in [-0.15, -0.1) is 0 Å². The highest BCUT2D eigenvalue weighted by Crippen LogP contribution is 2.44. The summed E-state index contributed by atoms with van der Waals surface area (Å²) in [5.41, 5.74) is 0.412. The molecular weight excluding hydrogens is 477 g/mol. The van der Waals surface area contributed by atoms with Crippen molar-refractivity contribution in [3.8, 4) is 5.75 Å². The molecule has 9 heteroatoms. The molecule has 0 radical (unpaired) electrons. The van der Waals surface area contributed by atoms with Gasteiger partial charge in [0, 0.05) is 8.80 Å². The van der Waals surface area contributed by atoms with Crippen LogP contribution in [0.5, 0.6) is 5.75 Å². The number of hydrogen-bond acceptors (Lipinski definition) is 1. The maximum Gasteiger partial charge on any atom is 0.456 e. The molecule has 2 aliphatic rings. The predicted octanol–water partition coefficient (Wildman–Crippen LogP) is 8.64. The van der Waals surface area contributed by atoms with E-state index >= 15 is 0 Å². The molecule has 0 aromatic heterocycles. The SMILES string of the molecule is CCCCC[SiH]1CCC(C2CCC(c3cc(F)c(OCC(F)(F)C(F)(F)F)c(F)c3)CC2)CC1. The normalized spacial score (nSPS) is 26.5. The first-order valence-corrected chi connectivity index (χ1v) is 15.0. The van der Waals surface area contributed by atoms with Crippen molar-refractivity contribution in [3.63, 3.8) is 0 Å². The van der Waals surface area contributed by atoms with Gasteiger partial charge in [0.1, 0.15) is 0 Å². The van der Waals surface area contributed by atoms with Gasteiger partial charge in [0.15, 0.2) is 24.0 Å². The number of unbranched alkanes of at least 4 members (excludes halogenated alkanes) is 2. The van der Waals surface area contributed by atoms with Crippen LogP contribution in [-0.2, 0) is 0 Å². The molecule has 0 bridgehead atoms. The fourth-order valence-corrected chi connectivity index (χ4v) is 9.28. The summed E-state index contributed by atoms with van der Waals surface area (Å²) in [7, 11) is -0.560. The number of hydrogen-bond donors (Lipinski definition) is 0. The van der Waals surface area contributed by atoms with E-state index in [9.17, 15) is 30.7 Å². The van der Waals surface area contributed by atoms with E-state index in [0.29, 0.717) is 11.5 Å². The topological polar surface area (TPSA) is 9.23 Å². The van der Waals surface area contributed by atoms with Gasteiger partial charge < -0.3 is 4.74 Å². The average molecular weight is 513 g/mol. The van der Waals surface area contributed by atoms with E-state index in [1.54, 1.807) is 0 Å². The molecule has 0 amide bonds. The minimum absolute atomic E-state index is 0.0503. The first-order chi connectivity index (χ1) is 16.0. The summed E-state index contributed by atoms with van der Waals surface area (Å²) in [6.07, 6.45) is 4.35. The van der Waals surface area contributed by atoms with Gasteiger partial charge in [0.25, 0.3) is 0 Å². The molecule has 0 N–H and O–H groups in total. The number of halogens is 7. The van der Waals surface area contributed by atoms with E-state index in [1.807, 2.05) is 0 Å². The molecule has 34 heavy (non-hydrogen) atoms. The van der Waals surface area contributed by atoms with Crippen LogP contribution < -0.4 is 4.74 Å². The quantitative estimate of drug-likeness (QED) is 0.183. The van der Waals surface area contributed by atoms with Crippen molar-refractivity contribution >= 4 is 8.80 Å². The molecular formula is C25H35F7OSi. The van der Waals surface area contributed by atoms with Crippen LogP contribution in [0.15, 0.2) is 12.1 Å². The van der Waals surface area contributed by atoms with Crippen molar-refractivity contribution in [2.45, 2.75) is 101 Å². The van der Waals surface area contributed by atoms with Crippen LogP contribution in [-0.4, -0.2) is 27.5 Å². The minimum atomic E-state index is -5.85. The second-order valence-corrected chi connectivity index (χ2v) is 13.7. The monoisotopic (exact) mass is 512 g/mol. The molecule has 1 saturated carbocycles. The number of ether oxygens (including phenoxy) is 1. The van der Waals surface area contributed by atoms with Crippen molar-refractivity contribution in [1.82, 2.24) is 0 Å². The Labute approximate surface area is 199 Å². The zero-order valence-electron chi connectivity index (χ0n) is 19.7. The van der Waals surface area contributed by atoms with E-state index in [0.717, 1.165) is 43.7 Å². The summed E-state index contributed by atoms with van der Waals surface area (Å²) in [5.74, 6) is -7.55. The third-order valence-corrected chi connectivity index (χ3v) is 11.4. The van der Waals surface area contributed by atoms with Gasteiger partial charge in [-0.05, 0) is 61.1 Å². The Morgan fingerprint density at radius 3 is 1.94 bits per heavy atom. The van der Waals surface area contributed by atoms with Crippen LogP contribution in [0.4, 0.5) is 30.7 Å². The van der Waals surface area contributed by atoms with Crippen LogP contribution in [0.1, 0.15) is 76.2 Å². The highest BCUT2D eigenvalue weighted by molar-refractivity contribution is 6.58. The molecule has 0 atom stereocenters. The molecule has 1 aliphatic carbocycles. The lowest BCUT2D eigenvalue weighted by molar-refractivity contribution is -0.290. The van der Waals surface area contributed by atoms with Gasteiger partial charge in [-0.25, -0.2) is 8.78 Å². The minimum Gasteiger partial charge on any atom is -0.481 e. The zero-order chi connectivity index (χ0) is 24.9. The molecule has 1 aromatic carbocycles. The maximum atomic E-state index is 14.4. The number of rotatable bonds is 9. The van der Waals surface area contributed by atoms with Gasteiger partial charge in [0.2, 0.25) is 0 Å². The van der Waals surface area contributed by atoms with Gasteiger partial charge in [-0.1, -0.05) is 57.2 Å². The third-order valence-electron chi connectivity index (χ3n) is 7.85. The van der Waals surface area contributed by atoms with Crippen molar-refractivity contribution < 1.29 is 35.5 Å². The Bertz CT molecular complexity index is 759. The Morgan fingerprint density at radius 2 is 1.41 bits per heavy atom. The van der Waals surface area contributed by atoms with Crippen LogP contribution >= 0.6 is 0 Å². The van der Waals surface area contributed by atoms with Crippen molar-refractivity contribution in [2.75, 3.05) is 6.61 Å². The van der Waals surface area contributed by atoms with Gasteiger partial charge in [0.05, 0.1) is 0 Å².